The molecule has 0 heterocycles. The van der Waals surface area contributed by atoms with Crippen LogP contribution in [0.2, 0.25) is 0 Å². The number of allylic oxidation sites excluding steroid dienone is 2. The lowest BCUT2D eigenvalue weighted by Crippen LogP contribution is -2.34. The average molecular weight is 242 g/mol. The number of hydrogen-bond donors (Lipinski definition) is 0. The summed E-state index contributed by atoms with van der Waals surface area (Å²) >= 11 is 0. The van der Waals surface area contributed by atoms with Crippen LogP contribution in [-0.4, -0.2) is 12.9 Å². The highest BCUT2D eigenvalue weighted by Crippen LogP contribution is 2.48. The fourth-order valence-corrected chi connectivity index (χ4v) is 3.41. The number of carbonyl (C=O) groups excluding carboxylic acids is 1. The number of benzene rings is 1. The van der Waals surface area contributed by atoms with Crippen LogP contribution >= 0.6 is 0 Å². The van der Waals surface area contributed by atoms with Gasteiger partial charge in [-0.25, -0.2) is 0 Å². The monoisotopic (exact) mass is 242 g/mol. The zero-order chi connectivity index (χ0) is 12.8. The Morgan fingerprint density at radius 3 is 2.83 bits per heavy atom. The molecule has 1 atom stereocenters. The van der Waals surface area contributed by atoms with E-state index >= 15 is 0 Å². The summed E-state index contributed by atoms with van der Waals surface area (Å²) in [7, 11) is 1.73. The van der Waals surface area contributed by atoms with Crippen LogP contribution in [0.25, 0.3) is 0 Å². The summed E-state index contributed by atoms with van der Waals surface area (Å²) in [6.07, 6.45) is 5.43. The van der Waals surface area contributed by atoms with Gasteiger partial charge in [-0.15, -0.1) is 0 Å². The topological polar surface area (TPSA) is 26.3 Å². The van der Waals surface area contributed by atoms with Crippen molar-refractivity contribution in [1.82, 2.24) is 0 Å². The van der Waals surface area contributed by atoms with Crippen molar-refractivity contribution in [2.24, 2.45) is 0 Å². The molecule has 0 aromatic heterocycles. The van der Waals surface area contributed by atoms with Crippen LogP contribution in [0.3, 0.4) is 0 Å². The number of hydrogen-bond acceptors (Lipinski definition) is 2. The second kappa shape index (κ2) is 3.98. The van der Waals surface area contributed by atoms with Gasteiger partial charge >= 0.3 is 0 Å². The number of methoxy groups -OCH3 is 1. The van der Waals surface area contributed by atoms with Gasteiger partial charge in [0.15, 0.2) is 5.78 Å². The minimum absolute atomic E-state index is 0.0377. The molecule has 0 saturated heterocycles. The molecule has 0 bridgehead atoms. The Morgan fingerprint density at radius 1 is 1.22 bits per heavy atom. The van der Waals surface area contributed by atoms with Gasteiger partial charge < -0.3 is 4.74 Å². The van der Waals surface area contributed by atoms with Gasteiger partial charge in [0.1, 0.15) is 5.75 Å². The molecule has 2 heteroatoms. The van der Waals surface area contributed by atoms with E-state index in [1.807, 2.05) is 12.1 Å². The van der Waals surface area contributed by atoms with Crippen LogP contribution in [0.4, 0.5) is 0 Å². The lowest BCUT2D eigenvalue weighted by molar-refractivity contribution is -0.115. The van der Waals surface area contributed by atoms with Gasteiger partial charge in [0.2, 0.25) is 0 Å². The molecule has 2 aliphatic carbocycles. The highest BCUT2D eigenvalue weighted by Gasteiger charge is 2.39. The Kier molecular flexibility index (Phi) is 2.54. The quantitative estimate of drug-likeness (QED) is 0.756. The van der Waals surface area contributed by atoms with E-state index < -0.39 is 0 Å². The first kappa shape index (κ1) is 11.5. The highest BCUT2D eigenvalue weighted by atomic mass is 16.5. The van der Waals surface area contributed by atoms with E-state index in [4.69, 9.17) is 4.74 Å². The Balaban J connectivity index is 2.18. The van der Waals surface area contributed by atoms with Crippen molar-refractivity contribution < 1.29 is 9.53 Å². The van der Waals surface area contributed by atoms with Crippen molar-refractivity contribution in [3.63, 3.8) is 0 Å². The summed E-state index contributed by atoms with van der Waals surface area (Å²) in [5.41, 5.74) is 4.02. The number of ether oxygens (including phenoxy) is 1. The Bertz CT molecular complexity index is 542. The first-order valence-corrected chi connectivity index (χ1v) is 6.55. The second-order valence-electron chi connectivity index (χ2n) is 5.45. The minimum atomic E-state index is 0.0377. The maximum absolute atomic E-state index is 11.6. The summed E-state index contributed by atoms with van der Waals surface area (Å²) in [5.74, 6) is 1.28. The van der Waals surface area contributed by atoms with E-state index in [0.717, 1.165) is 25.0 Å². The molecular formula is C16H18O2. The molecule has 0 unspecified atom stereocenters. The van der Waals surface area contributed by atoms with E-state index in [-0.39, 0.29) is 11.2 Å². The average Bonchev–Trinajstić information content (AvgIpc) is 2.39. The molecule has 2 nitrogen and oxygen atoms in total. The molecule has 1 aromatic carbocycles. The zero-order valence-corrected chi connectivity index (χ0v) is 11.0. The normalized spacial score (nSPS) is 26.1. The second-order valence-corrected chi connectivity index (χ2v) is 5.45. The van der Waals surface area contributed by atoms with E-state index in [0.29, 0.717) is 6.42 Å². The summed E-state index contributed by atoms with van der Waals surface area (Å²) in [6.45, 7) is 2.27. The standard InChI is InChI=1S/C16H18O2/c1-16-9-8-12(17)10-11(16)6-7-13-14(16)4-3-5-15(13)18-2/h3-5,10H,6-9H2,1-2H3/t16-/m1/s1. The van der Waals surface area contributed by atoms with E-state index in [1.165, 1.54) is 16.7 Å². The highest BCUT2D eigenvalue weighted by molar-refractivity contribution is 5.92. The number of ketones is 1. The molecule has 0 radical (unpaired) electrons. The molecule has 0 spiro atoms. The van der Waals surface area contributed by atoms with Crippen molar-refractivity contribution in [2.75, 3.05) is 7.11 Å². The minimum Gasteiger partial charge on any atom is -0.496 e. The Labute approximate surface area is 108 Å². The summed E-state index contributed by atoms with van der Waals surface area (Å²) in [5, 5.41) is 0. The molecule has 18 heavy (non-hydrogen) atoms. The third-order valence-corrected chi connectivity index (χ3v) is 4.51. The molecule has 2 aliphatic rings. The van der Waals surface area contributed by atoms with Crippen molar-refractivity contribution in [3.8, 4) is 5.75 Å². The summed E-state index contributed by atoms with van der Waals surface area (Å²) in [6, 6.07) is 6.29. The van der Waals surface area contributed by atoms with Crippen LogP contribution in [0.5, 0.6) is 5.75 Å². The molecule has 1 aromatic rings. The van der Waals surface area contributed by atoms with Gasteiger partial charge in [-0.2, -0.15) is 0 Å². The van der Waals surface area contributed by atoms with Crippen molar-refractivity contribution >= 4 is 5.78 Å². The first-order chi connectivity index (χ1) is 8.65. The van der Waals surface area contributed by atoms with Gasteiger partial charge in [0.25, 0.3) is 0 Å². The number of carbonyl (C=O) groups is 1. The van der Waals surface area contributed by atoms with Crippen molar-refractivity contribution in [3.05, 3.63) is 41.0 Å². The van der Waals surface area contributed by atoms with Crippen LogP contribution in [0, 0.1) is 0 Å². The molecule has 0 N–H and O–H groups in total. The molecular weight excluding hydrogens is 224 g/mol. The predicted molar refractivity (Wildman–Crippen MR) is 71.0 cm³/mol. The van der Waals surface area contributed by atoms with Crippen molar-refractivity contribution in [1.29, 1.82) is 0 Å². The Hall–Kier alpha value is -1.57. The van der Waals surface area contributed by atoms with E-state index in [2.05, 4.69) is 19.1 Å². The van der Waals surface area contributed by atoms with Crippen molar-refractivity contribution in [2.45, 2.75) is 38.0 Å². The Morgan fingerprint density at radius 2 is 2.06 bits per heavy atom. The third kappa shape index (κ3) is 1.52. The maximum Gasteiger partial charge on any atom is 0.155 e. The first-order valence-electron chi connectivity index (χ1n) is 6.55. The fourth-order valence-electron chi connectivity index (χ4n) is 3.41. The smallest absolute Gasteiger partial charge is 0.155 e. The third-order valence-electron chi connectivity index (χ3n) is 4.51. The molecule has 0 aliphatic heterocycles. The molecule has 94 valence electrons. The lowest BCUT2D eigenvalue weighted by atomic mass is 9.63. The van der Waals surface area contributed by atoms with Gasteiger partial charge in [-0.1, -0.05) is 24.6 Å². The fraction of sp³-hybridized carbons (Fsp3) is 0.438. The van der Waals surface area contributed by atoms with Gasteiger partial charge in [-0.3, -0.25) is 4.79 Å². The van der Waals surface area contributed by atoms with Crippen LogP contribution in [0.1, 0.15) is 37.3 Å². The molecule has 3 rings (SSSR count). The van der Waals surface area contributed by atoms with E-state index in [9.17, 15) is 4.79 Å². The molecule has 0 saturated carbocycles. The van der Waals surface area contributed by atoms with Crippen LogP contribution in [0.15, 0.2) is 29.8 Å². The SMILES string of the molecule is COc1cccc2c1CCC1=CC(=O)CC[C@]12C. The van der Waals surface area contributed by atoms with Crippen LogP contribution < -0.4 is 4.74 Å². The van der Waals surface area contributed by atoms with E-state index in [1.54, 1.807) is 7.11 Å². The van der Waals surface area contributed by atoms with Gasteiger partial charge in [0, 0.05) is 11.8 Å². The molecule has 0 fully saturated rings. The van der Waals surface area contributed by atoms with Gasteiger partial charge in [-0.05, 0) is 42.5 Å². The van der Waals surface area contributed by atoms with Gasteiger partial charge in [0.05, 0.1) is 7.11 Å². The largest absolute Gasteiger partial charge is 0.496 e. The van der Waals surface area contributed by atoms with Crippen LogP contribution in [-0.2, 0) is 16.6 Å². The zero-order valence-electron chi connectivity index (χ0n) is 11.0. The predicted octanol–water partition coefficient (Wildman–Crippen LogP) is 3.19. The number of fused-ring (bicyclic) bond motifs is 3. The summed E-state index contributed by atoms with van der Waals surface area (Å²) < 4.78 is 5.47. The lowest BCUT2D eigenvalue weighted by Gasteiger charge is -2.41. The summed E-state index contributed by atoms with van der Waals surface area (Å²) in [4.78, 5) is 11.6. The number of rotatable bonds is 1. The molecule has 0 amide bonds. The maximum atomic E-state index is 11.6.